The van der Waals surface area contributed by atoms with Gasteiger partial charge in [0.05, 0.1) is 6.61 Å². The van der Waals surface area contributed by atoms with Crippen LogP contribution in [0.5, 0.6) is 0 Å². The number of benzene rings is 3. The van der Waals surface area contributed by atoms with Gasteiger partial charge in [-0.25, -0.2) is 9.18 Å². The third-order valence-electron chi connectivity index (χ3n) is 6.43. The van der Waals surface area contributed by atoms with Gasteiger partial charge in [0.1, 0.15) is 25.1 Å². The molecule has 218 valence electrons. The Morgan fingerprint density at radius 2 is 1.34 bits per heavy atom. The van der Waals surface area contributed by atoms with Gasteiger partial charge in [-0.2, -0.15) is 0 Å². The molecule has 0 unspecified atom stereocenters. The first-order valence-electron chi connectivity index (χ1n) is 13.8. The van der Waals surface area contributed by atoms with Crippen molar-refractivity contribution in [1.82, 2.24) is 15.5 Å². The monoisotopic (exact) mass is 563 g/mol. The third-order valence-corrected chi connectivity index (χ3v) is 6.43. The maximum absolute atomic E-state index is 13.1. The van der Waals surface area contributed by atoms with Gasteiger partial charge in [-0.3, -0.25) is 14.5 Å². The molecule has 0 saturated heterocycles. The Kier molecular flexibility index (Phi) is 13.3. The van der Waals surface area contributed by atoms with Crippen LogP contribution in [-0.4, -0.2) is 55.6 Å². The highest BCUT2D eigenvalue weighted by Crippen LogP contribution is 2.11. The van der Waals surface area contributed by atoms with Gasteiger partial charge < -0.3 is 20.1 Å². The zero-order valence-electron chi connectivity index (χ0n) is 23.4. The van der Waals surface area contributed by atoms with E-state index in [9.17, 15) is 18.8 Å². The van der Waals surface area contributed by atoms with E-state index < -0.39 is 12.1 Å². The van der Waals surface area contributed by atoms with Gasteiger partial charge in [-0.05, 0) is 48.1 Å². The van der Waals surface area contributed by atoms with Gasteiger partial charge in [-0.15, -0.1) is 0 Å². The highest BCUT2D eigenvalue weighted by atomic mass is 19.1. The van der Waals surface area contributed by atoms with Crippen LogP contribution in [0.15, 0.2) is 84.9 Å². The van der Waals surface area contributed by atoms with E-state index >= 15 is 0 Å². The Labute approximate surface area is 240 Å². The fourth-order valence-electron chi connectivity index (χ4n) is 4.07. The topological polar surface area (TPSA) is 97.0 Å². The molecular weight excluding hydrogens is 525 g/mol. The number of halogens is 1. The number of nitrogens with one attached hydrogen (secondary N) is 2. The summed E-state index contributed by atoms with van der Waals surface area (Å²) in [5, 5.41) is 5.75. The lowest BCUT2D eigenvalue weighted by Gasteiger charge is -2.27. The normalized spacial score (nSPS) is 11.4. The first-order chi connectivity index (χ1) is 19.9. The summed E-state index contributed by atoms with van der Waals surface area (Å²) >= 11 is 0. The molecule has 3 aromatic carbocycles. The molecule has 0 radical (unpaired) electrons. The Bertz CT molecular complexity index is 1210. The second kappa shape index (κ2) is 17.5. The van der Waals surface area contributed by atoms with Gasteiger partial charge in [0.25, 0.3) is 0 Å². The number of unbranched alkanes of at least 4 members (excludes halogenated alkanes) is 2. The summed E-state index contributed by atoms with van der Waals surface area (Å²) in [6, 6.07) is 24.1. The van der Waals surface area contributed by atoms with Crippen LogP contribution in [0.1, 0.15) is 36.0 Å². The first kappa shape index (κ1) is 31.3. The van der Waals surface area contributed by atoms with E-state index in [0.717, 1.165) is 36.0 Å². The van der Waals surface area contributed by atoms with Crippen LogP contribution in [0.2, 0.25) is 0 Å². The number of carbonyl (C=O) groups excluding carboxylic acids is 3. The van der Waals surface area contributed by atoms with Gasteiger partial charge in [0.2, 0.25) is 11.8 Å². The lowest BCUT2D eigenvalue weighted by Crippen LogP contribution is -2.49. The van der Waals surface area contributed by atoms with Crippen LogP contribution < -0.4 is 10.6 Å². The van der Waals surface area contributed by atoms with Crippen molar-refractivity contribution in [2.24, 2.45) is 0 Å². The van der Waals surface area contributed by atoms with Crippen LogP contribution in [0, 0.1) is 5.82 Å². The van der Waals surface area contributed by atoms with Crippen LogP contribution in [0.3, 0.4) is 0 Å². The smallest absolute Gasteiger partial charge is 0.410 e. The lowest BCUT2D eigenvalue weighted by molar-refractivity contribution is -0.126. The molecule has 0 heterocycles. The van der Waals surface area contributed by atoms with Crippen molar-refractivity contribution < 1.29 is 28.2 Å². The van der Waals surface area contributed by atoms with Crippen LogP contribution in [-0.2, 0) is 38.7 Å². The van der Waals surface area contributed by atoms with E-state index in [1.165, 1.54) is 17.0 Å². The van der Waals surface area contributed by atoms with Crippen LogP contribution >= 0.6 is 0 Å². The molecule has 0 aliphatic heterocycles. The molecule has 3 aromatic rings. The molecule has 8 nitrogen and oxygen atoms in total. The summed E-state index contributed by atoms with van der Waals surface area (Å²) in [7, 11) is 1.58. The standard InChI is InChI=1S/C32H38FN3O5/c1-36(32(39)41-23-26-13-7-3-8-14-26)29(21-25-11-5-2-6-12-25)31(38)35-20-10-4-9-19-34-30(37)24-40-22-27-15-17-28(33)18-16-27/h2-3,5-8,11-18,29H,4,9-10,19-24H2,1H3,(H,34,37)(H,35,38)/t29-/m0/s1. The van der Waals surface area contributed by atoms with Crippen molar-refractivity contribution in [3.8, 4) is 0 Å². The minimum atomic E-state index is -0.727. The molecular formula is C32H38FN3O5. The Morgan fingerprint density at radius 3 is 2.00 bits per heavy atom. The van der Waals surface area contributed by atoms with E-state index in [1.54, 1.807) is 19.2 Å². The van der Waals surface area contributed by atoms with Crippen molar-refractivity contribution in [1.29, 1.82) is 0 Å². The largest absolute Gasteiger partial charge is 0.445 e. The Balaban J connectivity index is 1.35. The number of likely N-dealkylation sites (N-methyl/N-ethyl adjacent to an activating group) is 1. The molecule has 3 amide bonds. The zero-order valence-corrected chi connectivity index (χ0v) is 23.4. The average molecular weight is 564 g/mol. The Hall–Kier alpha value is -4.24. The molecule has 41 heavy (non-hydrogen) atoms. The SMILES string of the molecule is CN(C(=O)OCc1ccccc1)[C@@H](Cc1ccccc1)C(=O)NCCCCCNC(=O)COCc1ccc(F)cc1. The van der Waals surface area contributed by atoms with Gasteiger partial charge in [0, 0.05) is 26.6 Å². The zero-order chi connectivity index (χ0) is 29.3. The molecule has 0 fully saturated rings. The minimum Gasteiger partial charge on any atom is -0.445 e. The second-order valence-corrected chi connectivity index (χ2v) is 9.68. The van der Waals surface area contributed by atoms with Crippen LogP contribution in [0.4, 0.5) is 9.18 Å². The first-order valence-corrected chi connectivity index (χ1v) is 13.8. The third kappa shape index (κ3) is 11.8. The molecule has 0 aliphatic rings. The maximum atomic E-state index is 13.1. The number of nitrogens with zero attached hydrogens (tertiary/aromatic N) is 1. The van der Waals surface area contributed by atoms with Crippen molar-refractivity contribution in [3.63, 3.8) is 0 Å². The maximum Gasteiger partial charge on any atom is 0.410 e. The van der Waals surface area contributed by atoms with Crippen molar-refractivity contribution in [2.45, 2.75) is 44.9 Å². The van der Waals surface area contributed by atoms with E-state index in [1.807, 2.05) is 60.7 Å². The highest BCUT2D eigenvalue weighted by molar-refractivity contribution is 5.85. The summed E-state index contributed by atoms with van der Waals surface area (Å²) in [6.45, 7) is 1.24. The molecule has 2 N–H and O–H groups in total. The van der Waals surface area contributed by atoms with Crippen LogP contribution in [0.25, 0.3) is 0 Å². The number of hydrogen-bond donors (Lipinski definition) is 2. The van der Waals surface area contributed by atoms with E-state index in [2.05, 4.69) is 10.6 Å². The van der Waals surface area contributed by atoms with Gasteiger partial charge >= 0.3 is 6.09 Å². The molecule has 0 aromatic heterocycles. The molecule has 1 atom stereocenters. The number of hydrogen-bond acceptors (Lipinski definition) is 5. The molecule has 9 heteroatoms. The number of ether oxygens (including phenoxy) is 2. The van der Waals surface area contributed by atoms with Crippen molar-refractivity contribution >= 4 is 17.9 Å². The van der Waals surface area contributed by atoms with E-state index in [4.69, 9.17) is 9.47 Å². The van der Waals surface area contributed by atoms with Gasteiger partial charge in [-0.1, -0.05) is 72.8 Å². The van der Waals surface area contributed by atoms with E-state index in [0.29, 0.717) is 19.5 Å². The van der Waals surface area contributed by atoms with Gasteiger partial charge in [0.15, 0.2) is 0 Å². The summed E-state index contributed by atoms with van der Waals surface area (Å²) in [5.74, 6) is -0.782. The molecule has 0 bridgehead atoms. The van der Waals surface area contributed by atoms with Crippen molar-refractivity contribution in [3.05, 3.63) is 107 Å². The quantitative estimate of drug-likeness (QED) is 0.248. The summed E-state index contributed by atoms with van der Waals surface area (Å²) in [5.41, 5.74) is 2.60. The number of rotatable bonds is 16. The molecule has 0 spiro atoms. The fraction of sp³-hybridized carbons (Fsp3) is 0.344. The Morgan fingerprint density at radius 1 is 0.756 bits per heavy atom. The fourth-order valence-corrected chi connectivity index (χ4v) is 4.07. The minimum absolute atomic E-state index is 0.0719. The summed E-state index contributed by atoms with van der Waals surface area (Å²) < 4.78 is 23.7. The molecule has 0 saturated carbocycles. The summed E-state index contributed by atoms with van der Waals surface area (Å²) in [6.07, 6.45) is 2.07. The lowest BCUT2D eigenvalue weighted by atomic mass is 10.0. The van der Waals surface area contributed by atoms with Crippen molar-refractivity contribution in [2.75, 3.05) is 26.7 Å². The van der Waals surface area contributed by atoms with E-state index in [-0.39, 0.29) is 37.5 Å². The summed E-state index contributed by atoms with van der Waals surface area (Å²) in [4.78, 5) is 39.2. The second-order valence-electron chi connectivity index (χ2n) is 9.68. The molecule has 3 rings (SSSR count). The number of amides is 3. The highest BCUT2D eigenvalue weighted by Gasteiger charge is 2.28. The number of carbonyl (C=O) groups is 3. The average Bonchev–Trinajstić information content (AvgIpc) is 2.99. The predicted octanol–water partition coefficient (Wildman–Crippen LogP) is 4.62. The predicted molar refractivity (Wildman–Crippen MR) is 154 cm³/mol. The molecule has 0 aliphatic carbocycles.